The number of nitrogens with one attached hydrogen (secondary N) is 8. The summed E-state index contributed by atoms with van der Waals surface area (Å²) in [4.78, 5) is 112. The Morgan fingerprint density at radius 2 is 1.12 bits per heavy atom. The van der Waals surface area contributed by atoms with Gasteiger partial charge in [0, 0.05) is 12.3 Å². The van der Waals surface area contributed by atoms with Crippen molar-refractivity contribution in [1.29, 1.82) is 0 Å². The Balaban J connectivity index is 2.60. The van der Waals surface area contributed by atoms with Crippen molar-refractivity contribution in [3.8, 4) is 0 Å². The molecular weight excluding hydrogens is 803 g/mol. The molecule has 8 amide bonds. The highest BCUT2D eigenvalue weighted by Gasteiger charge is 2.34. The van der Waals surface area contributed by atoms with Gasteiger partial charge in [0.15, 0.2) is 5.96 Å². The molecule has 1 aromatic carbocycles. The minimum Gasteiger partial charge on any atom is -0.394 e. The molecule has 0 bridgehead atoms. The maximum atomic E-state index is 13.9. The van der Waals surface area contributed by atoms with Gasteiger partial charge < -0.3 is 70.6 Å². The lowest BCUT2D eigenvalue weighted by Gasteiger charge is -2.27. The van der Waals surface area contributed by atoms with Crippen molar-refractivity contribution in [3.63, 3.8) is 0 Å². The van der Waals surface area contributed by atoms with E-state index in [2.05, 4.69) is 60.2 Å². The van der Waals surface area contributed by atoms with Crippen LogP contribution in [0.2, 0.25) is 0 Å². The number of amides is 8. The average Bonchev–Trinajstić information content (AvgIpc) is 3.22. The maximum absolute atomic E-state index is 13.9. The topological polar surface area (TPSA) is 369 Å². The summed E-state index contributed by atoms with van der Waals surface area (Å²) in [5.74, 6) is -7.04. The first kappa shape index (κ1) is 50.6. The third-order valence-electron chi connectivity index (χ3n) is 9.24. The highest BCUT2D eigenvalue weighted by molar-refractivity contribution is 7.80. The minimum absolute atomic E-state index is 0.0205. The first-order valence-electron chi connectivity index (χ1n) is 19.8. The molecule has 0 unspecified atom stereocenters. The summed E-state index contributed by atoms with van der Waals surface area (Å²) >= 11 is 4.19. The number of unbranched alkanes of at least 4 members (excludes halogenated alkanes) is 2. The molecule has 334 valence electrons. The number of guanidine groups is 1. The Bertz CT molecular complexity index is 1630. The summed E-state index contributed by atoms with van der Waals surface area (Å²) in [5, 5.41) is 30.4. The molecule has 1 aromatic rings. The van der Waals surface area contributed by atoms with E-state index in [0.717, 1.165) is 0 Å². The number of nitrogens with two attached hydrogens (primary N) is 4. The number of nitrogens with zero attached hydrogens (tertiary/aromatic N) is 1. The Hall–Kier alpha value is -5.52. The molecule has 7 atom stereocenters. The number of thiol groups is 1. The van der Waals surface area contributed by atoms with Gasteiger partial charge in [-0.3, -0.25) is 43.3 Å². The van der Waals surface area contributed by atoms with Crippen molar-refractivity contribution in [1.82, 2.24) is 42.5 Å². The van der Waals surface area contributed by atoms with E-state index < -0.39 is 103 Å². The molecule has 0 spiro atoms. The van der Waals surface area contributed by atoms with E-state index >= 15 is 0 Å². The van der Waals surface area contributed by atoms with Crippen molar-refractivity contribution in [2.45, 2.75) is 101 Å². The number of rotatable bonds is 15. The molecule has 0 aliphatic carbocycles. The van der Waals surface area contributed by atoms with E-state index in [4.69, 9.17) is 22.9 Å². The summed E-state index contributed by atoms with van der Waals surface area (Å²) < 4.78 is 0. The summed E-state index contributed by atoms with van der Waals surface area (Å²) in [6.07, 6.45) is 2.04. The lowest BCUT2D eigenvalue weighted by atomic mass is 10.0. The van der Waals surface area contributed by atoms with Gasteiger partial charge in [-0.15, -0.1) is 0 Å². The number of carbonyl (C=O) groups excluding carboxylic acids is 8. The molecule has 60 heavy (non-hydrogen) atoms. The van der Waals surface area contributed by atoms with Crippen LogP contribution in [0.25, 0.3) is 0 Å². The Morgan fingerprint density at radius 3 is 1.63 bits per heavy atom. The third kappa shape index (κ3) is 17.8. The van der Waals surface area contributed by atoms with Gasteiger partial charge in [-0.2, -0.15) is 12.6 Å². The molecule has 2 rings (SSSR count). The Labute approximate surface area is 354 Å². The molecular formula is C37H61N13O9S. The van der Waals surface area contributed by atoms with Crippen molar-refractivity contribution < 1.29 is 43.5 Å². The molecule has 0 aromatic heterocycles. The van der Waals surface area contributed by atoms with Crippen LogP contribution in [0.15, 0.2) is 35.3 Å². The lowest BCUT2D eigenvalue weighted by molar-refractivity contribution is -0.136. The van der Waals surface area contributed by atoms with Gasteiger partial charge in [0.25, 0.3) is 0 Å². The van der Waals surface area contributed by atoms with Crippen LogP contribution in [0.3, 0.4) is 0 Å². The largest absolute Gasteiger partial charge is 0.394 e. The molecule has 0 radical (unpaired) electrons. The number of aliphatic imine (C=N–C) groups is 1. The zero-order chi connectivity index (χ0) is 44.6. The first-order chi connectivity index (χ1) is 28.6. The smallest absolute Gasteiger partial charge is 0.247 e. The van der Waals surface area contributed by atoms with Crippen LogP contribution < -0.4 is 65.5 Å². The normalized spacial score (nSPS) is 24.5. The van der Waals surface area contributed by atoms with E-state index in [0.29, 0.717) is 32.2 Å². The molecule has 22 nitrogen and oxygen atoms in total. The van der Waals surface area contributed by atoms with Crippen LogP contribution in [0.5, 0.6) is 0 Å². The van der Waals surface area contributed by atoms with E-state index in [1.165, 1.54) is 19.1 Å². The van der Waals surface area contributed by atoms with Gasteiger partial charge >= 0.3 is 0 Å². The number of hydrogen-bond donors (Lipinski definition) is 14. The van der Waals surface area contributed by atoms with Gasteiger partial charge in [-0.1, -0.05) is 30.3 Å². The molecule has 1 aliphatic rings. The fraction of sp³-hybridized carbons (Fsp3) is 0.595. The predicted molar refractivity (Wildman–Crippen MR) is 224 cm³/mol. The van der Waals surface area contributed by atoms with E-state index in [-0.39, 0.29) is 56.0 Å². The highest BCUT2D eigenvalue weighted by Crippen LogP contribution is 2.15. The van der Waals surface area contributed by atoms with Gasteiger partial charge in [-0.05, 0) is 76.9 Å². The van der Waals surface area contributed by atoms with Crippen molar-refractivity contribution in [2.75, 3.05) is 38.5 Å². The molecule has 23 heteroatoms. The van der Waals surface area contributed by atoms with Crippen LogP contribution in [-0.4, -0.2) is 133 Å². The zero-order valence-corrected chi connectivity index (χ0v) is 34.6. The molecule has 17 N–H and O–H groups in total. The van der Waals surface area contributed by atoms with Crippen LogP contribution in [0.4, 0.5) is 0 Å². The summed E-state index contributed by atoms with van der Waals surface area (Å²) in [6, 6.07) is -1.47. The summed E-state index contributed by atoms with van der Waals surface area (Å²) in [6.45, 7) is 0.477. The average molecular weight is 864 g/mol. The molecule has 0 saturated carbocycles. The second-order valence-electron chi connectivity index (χ2n) is 14.0. The van der Waals surface area contributed by atoms with Crippen LogP contribution in [-0.2, 0) is 38.4 Å². The maximum Gasteiger partial charge on any atom is 0.247 e. The van der Waals surface area contributed by atoms with Gasteiger partial charge in [0.1, 0.15) is 42.3 Å². The van der Waals surface area contributed by atoms with Crippen LogP contribution in [0.1, 0.15) is 69.9 Å². The number of aliphatic hydroxyl groups is 1. The van der Waals surface area contributed by atoms with Gasteiger partial charge in [-0.25, -0.2) is 0 Å². The third-order valence-corrected chi connectivity index (χ3v) is 9.61. The quantitative estimate of drug-likeness (QED) is 0.0341. The second-order valence-corrected chi connectivity index (χ2v) is 14.4. The fourth-order valence-corrected chi connectivity index (χ4v) is 6.15. The Kier molecular flexibility index (Phi) is 23.0. The van der Waals surface area contributed by atoms with Gasteiger partial charge in [0.2, 0.25) is 47.3 Å². The SMILES string of the molecule is C[C@@H]1NC(=O)[C@H](CS)NC(=O)[C@H](c2ccccc2)NC(=O)[C@H](CO)NC(=O)[C@H](CCCCN)NC(=O)[C@H](CCCN=C(N)N)NC(=O)[C@H](CCCCN)NC(=O)CNC1=O. The monoisotopic (exact) mass is 863 g/mol. The standard InChI is InChI=1S/C37H61N13O9S/c1-21-30(53)43-18-28(52)45-23(12-5-7-15-38)31(54)47-25(14-9-17-42-37(40)41)32(55)46-24(13-6-8-16-39)33(56)48-26(19-51)34(57)50-29(22-10-3-2-4-11-22)36(59)49-27(20-60)35(58)44-21/h2-4,10-11,21,23-27,29,51,60H,5-9,12-20,38-39H2,1H3,(H,43,53)(H,44,58)(H,45,52)(H,46,55)(H,47,54)(H,48,56)(H,49,59)(H,50,57)(H4,40,41,42)/t21-,23-,24-,25-,26-,27-,29-/m0/s1. The highest BCUT2D eigenvalue weighted by atomic mass is 32.1. The summed E-state index contributed by atoms with van der Waals surface area (Å²) in [5.41, 5.74) is 22.5. The molecule has 1 aliphatic heterocycles. The van der Waals surface area contributed by atoms with E-state index in [1.807, 2.05) is 0 Å². The van der Waals surface area contributed by atoms with Gasteiger partial charge in [0.05, 0.1) is 13.2 Å². The number of carbonyl (C=O) groups is 8. The fourth-order valence-electron chi connectivity index (χ4n) is 5.89. The van der Waals surface area contributed by atoms with E-state index in [9.17, 15) is 43.5 Å². The number of benzene rings is 1. The molecule has 1 saturated heterocycles. The number of aliphatic hydroxyl groups excluding tert-OH is 1. The number of hydrogen-bond acceptors (Lipinski definition) is 13. The Morgan fingerprint density at radius 1 is 0.633 bits per heavy atom. The second kappa shape index (κ2) is 27.3. The molecule has 1 heterocycles. The molecule has 1 fully saturated rings. The van der Waals surface area contributed by atoms with Crippen LogP contribution >= 0.6 is 12.6 Å². The first-order valence-corrected chi connectivity index (χ1v) is 20.4. The zero-order valence-electron chi connectivity index (χ0n) is 33.7. The predicted octanol–water partition coefficient (Wildman–Crippen LogP) is -4.86. The van der Waals surface area contributed by atoms with Crippen molar-refractivity contribution in [2.24, 2.45) is 27.9 Å². The van der Waals surface area contributed by atoms with Crippen molar-refractivity contribution in [3.05, 3.63) is 35.9 Å². The van der Waals surface area contributed by atoms with E-state index in [1.54, 1.807) is 18.2 Å². The summed E-state index contributed by atoms with van der Waals surface area (Å²) in [7, 11) is 0. The van der Waals surface area contributed by atoms with Crippen molar-refractivity contribution >= 4 is 65.8 Å². The van der Waals surface area contributed by atoms with Crippen LogP contribution in [0, 0.1) is 0 Å². The lowest BCUT2D eigenvalue weighted by Crippen LogP contribution is -2.60. The minimum atomic E-state index is -1.63.